The Morgan fingerprint density at radius 3 is 2.33 bits per heavy atom. The van der Waals surface area contributed by atoms with E-state index in [0.717, 1.165) is 34.6 Å². The number of anilines is 2. The standard InChI is InChI=1S/C21H22N2O/c1-21(2)12-17-19(18(24)13-21)20(14-8-4-3-5-9-14)23-16-11-7-6-10-15(16)22-17/h3-11,20,22-23H,12-13H2,1-2H3/t20-/m0/s1. The first-order valence-electron chi connectivity index (χ1n) is 8.47. The number of allylic oxidation sites excluding steroid dienone is 1. The molecule has 0 radical (unpaired) electrons. The van der Waals surface area contributed by atoms with E-state index in [-0.39, 0.29) is 17.2 Å². The van der Waals surface area contributed by atoms with Gasteiger partial charge in [0.15, 0.2) is 5.78 Å². The highest BCUT2D eigenvalue weighted by Crippen LogP contribution is 2.45. The Hall–Kier alpha value is -2.55. The number of ketones is 1. The van der Waals surface area contributed by atoms with E-state index in [1.807, 2.05) is 30.3 Å². The van der Waals surface area contributed by atoms with Gasteiger partial charge in [-0.3, -0.25) is 4.79 Å². The molecule has 1 aliphatic heterocycles. The van der Waals surface area contributed by atoms with Gasteiger partial charge in [-0.15, -0.1) is 0 Å². The summed E-state index contributed by atoms with van der Waals surface area (Å²) < 4.78 is 0. The van der Waals surface area contributed by atoms with Crippen LogP contribution >= 0.6 is 0 Å². The number of hydrogen-bond donors (Lipinski definition) is 2. The van der Waals surface area contributed by atoms with Gasteiger partial charge in [0.2, 0.25) is 0 Å². The number of benzene rings is 2. The van der Waals surface area contributed by atoms with Crippen LogP contribution in [0.4, 0.5) is 11.4 Å². The van der Waals surface area contributed by atoms with Gasteiger partial charge in [0.05, 0.1) is 17.4 Å². The summed E-state index contributed by atoms with van der Waals surface area (Å²) in [5.74, 6) is 0.239. The Morgan fingerprint density at radius 1 is 0.917 bits per heavy atom. The molecule has 0 saturated heterocycles. The summed E-state index contributed by atoms with van der Waals surface area (Å²) in [6.07, 6.45) is 1.47. The van der Waals surface area contributed by atoms with Crippen molar-refractivity contribution in [2.45, 2.75) is 32.7 Å². The lowest BCUT2D eigenvalue weighted by atomic mass is 9.73. The molecule has 1 atom stereocenters. The maximum absolute atomic E-state index is 13.0. The first-order chi connectivity index (χ1) is 11.5. The van der Waals surface area contributed by atoms with Crippen LogP contribution in [0.1, 0.15) is 38.3 Å². The maximum atomic E-state index is 13.0. The summed E-state index contributed by atoms with van der Waals surface area (Å²) in [5.41, 5.74) is 5.12. The smallest absolute Gasteiger partial charge is 0.163 e. The Kier molecular flexibility index (Phi) is 3.45. The van der Waals surface area contributed by atoms with E-state index in [1.165, 1.54) is 0 Å². The van der Waals surface area contributed by atoms with Crippen LogP contribution in [0.3, 0.4) is 0 Å². The zero-order valence-electron chi connectivity index (χ0n) is 14.1. The second-order valence-corrected chi connectivity index (χ2v) is 7.49. The quantitative estimate of drug-likeness (QED) is 0.785. The van der Waals surface area contributed by atoms with Crippen LogP contribution < -0.4 is 10.6 Å². The molecule has 2 aliphatic rings. The molecule has 0 saturated carbocycles. The fourth-order valence-corrected chi connectivity index (χ4v) is 3.78. The number of rotatable bonds is 1. The summed E-state index contributed by atoms with van der Waals surface area (Å²) in [7, 11) is 0. The zero-order valence-corrected chi connectivity index (χ0v) is 14.1. The number of fused-ring (bicyclic) bond motifs is 1. The van der Waals surface area contributed by atoms with Crippen molar-refractivity contribution in [1.82, 2.24) is 0 Å². The van der Waals surface area contributed by atoms with Crippen molar-refractivity contribution in [3.63, 3.8) is 0 Å². The van der Waals surface area contributed by atoms with E-state index >= 15 is 0 Å². The highest BCUT2D eigenvalue weighted by molar-refractivity contribution is 6.01. The van der Waals surface area contributed by atoms with Crippen molar-refractivity contribution in [2.75, 3.05) is 10.6 Å². The van der Waals surface area contributed by atoms with Gasteiger partial charge in [0.25, 0.3) is 0 Å². The second-order valence-electron chi connectivity index (χ2n) is 7.49. The molecule has 0 unspecified atom stereocenters. The van der Waals surface area contributed by atoms with Crippen molar-refractivity contribution in [3.8, 4) is 0 Å². The van der Waals surface area contributed by atoms with E-state index in [0.29, 0.717) is 6.42 Å². The minimum Gasteiger partial charge on any atom is -0.372 e. The first-order valence-corrected chi connectivity index (χ1v) is 8.47. The molecular formula is C21H22N2O. The molecule has 0 aromatic heterocycles. The topological polar surface area (TPSA) is 41.1 Å². The molecule has 0 bridgehead atoms. The normalized spacial score (nSPS) is 21.9. The van der Waals surface area contributed by atoms with E-state index in [2.05, 4.69) is 48.7 Å². The fourth-order valence-electron chi connectivity index (χ4n) is 3.78. The van der Waals surface area contributed by atoms with Crippen LogP contribution in [0.5, 0.6) is 0 Å². The molecule has 1 heterocycles. The Labute approximate surface area is 142 Å². The lowest BCUT2D eigenvalue weighted by Crippen LogP contribution is -2.31. The third-order valence-corrected chi connectivity index (χ3v) is 4.85. The first kappa shape index (κ1) is 15.0. The van der Waals surface area contributed by atoms with Gasteiger partial charge in [0.1, 0.15) is 0 Å². The van der Waals surface area contributed by atoms with Gasteiger partial charge < -0.3 is 10.6 Å². The highest BCUT2D eigenvalue weighted by Gasteiger charge is 2.38. The Morgan fingerprint density at radius 2 is 1.58 bits per heavy atom. The van der Waals surface area contributed by atoms with E-state index in [1.54, 1.807) is 0 Å². The van der Waals surface area contributed by atoms with Crippen LogP contribution in [0.15, 0.2) is 65.9 Å². The zero-order chi connectivity index (χ0) is 16.7. The van der Waals surface area contributed by atoms with E-state index in [4.69, 9.17) is 0 Å². The average Bonchev–Trinajstić information content (AvgIpc) is 2.70. The highest BCUT2D eigenvalue weighted by atomic mass is 16.1. The minimum absolute atomic E-state index is 0.0105. The van der Waals surface area contributed by atoms with Gasteiger partial charge >= 0.3 is 0 Å². The van der Waals surface area contributed by atoms with Crippen molar-refractivity contribution in [2.24, 2.45) is 5.41 Å². The van der Waals surface area contributed by atoms with E-state index in [9.17, 15) is 4.79 Å². The molecule has 3 nitrogen and oxygen atoms in total. The molecule has 3 heteroatoms. The van der Waals surface area contributed by atoms with Gasteiger partial charge in [-0.2, -0.15) is 0 Å². The lowest BCUT2D eigenvalue weighted by molar-refractivity contribution is -0.118. The van der Waals surface area contributed by atoms with Crippen molar-refractivity contribution >= 4 is 17.2 Å². The van der Waals surface area contributed by atoms with Crippen LogP contribution in [-0.2, 0) is 4.79 Å². The summed E-state index contributed by atoms with van der Waals surface area (Å²) in [6.45, 7) is 4.33. The maximum Gasteiger partial charge on any atom is 0.163 e. The van der Waals surface area contributed by atoms with Crippen LogP contribution in [0, 0.1) is 5.41 Å². The number of nitrogens with one attached hydrogen (secondary N) is 2. The fraction of sp³-hybridized carbons (Fsp3) is 0.286. The molecule has 4 rings (SSSR count). The monoisotopic (exact) mass is 318 g/mol. The van der Waals surface area contributed by atoms with Crippen LogP contribution in [0.2, 0.25) is 0 Å². The lowest BCUT2D eigenvalue weighted by Gasteiger charge is -2.34. The summed E-state index contributed by atoms with van der Waals surface area (Å²) >= 11 is 0. The van der Waals surface area contributed by atoms with Gasteiger partial charge in [-0.05, 0) is 29.5 Å². The molecule has 122 valence electrons. The number of hydrogen-bond acceptors (Lipinski definition) is 3. The largest absolute Gasteiger partial charge is 0.372 e. The predicted octanol–water partition coefficient (Wildman–Crippen LogP) is 4.91. The third-order valence-electron chi connectivity index (χ3n) is 4.85. The predicted molar refractivity (Wildman–Crippen MR) is 97.9 cm³/mol. The summed E-state index contributed by atoms with van der Waals surface area (Å²) in [5, 5.41) is 7.13. The van der Waals surface area contributed by atoms with Crippen molar-refractivity contribution in [3.05, 3.63) is 71.4 Å². The van der Waals surface area contributed by atoms with Gasteiger partial charge in [-0.1, -0.05) is 56.3 Å². The molecule has 0 amide bonds. The van der Waals surface area contributed by atoms with Gasteiger partial charge in [-0.25, -0.2) is 0 Å². The van der Waals surface area contributed by atoms with Gasteiger partial charge in [0, 0.05) is 17.7 Å². The number of Topliss-reactive ketones (excluding diaryl/α,β-unsaturated/α-hetero) is 1. The summed E-state index contributed by atoms with van der Waals surface area (Å²) in [4.78, 5) is 13.0. The minimum atomic E-state index is -0.110. The molecular weight excluding hydrogens is 296 g/mol. The van der Waals surface area contributed by atoms with Crippen molar-refractivity contribution < 1.29 is 4.79 Å². The molecule has 2 aromatic rings. The third kappa shape index (κ3) is 2.60. The van der Waals surface area contributed by atoms with Crippen molar-refractivity contribution in [1.29, 1.82) is 0 Å². The Bertz CT molecular complexity index is 821. The second kappa shape index (κ2) is 5.52. The molecule has 0 fully saturated rings. The Balaban J connectivity index is 1.89. The van der Waals surface area contributed by atoms with Crippen LogP contribution in [0.25, 0.3) is 0 Å². The number of carbonyl (C=O) groups excluding carboxylic acids is 1. The number of para-hydroxylation sites is 2. The number of carbonyl (C=O) groups is 1. The molecule has 2 aromatic carbocycles. The molecule has 0 spiro atoms. The molecule has 24 heavy (non-hydrogen) atoms. The molecule has 1 aliphatic carbocycles. The average molecular weight is 318 g/mol. The van der Waals surface area contributed by atoms with E-state index < -0.39 is 0 Å². The molecule has 2 N–H and O–H groups in total. The van der Waals surface area contributed by atoms with Crippen LogP contribution in [-0.4, -0.2) is 5.78 Å². The summed E-state index contributed by atoms with van der Waals surface area (Å²) in [6, 6.07) is 18.3. The SMILES string of the molecule is CC1(C)CC(=O)C2=C(C1)Nc1ccccc1N[C@H]2c1ccccc1.